The molecule has 0 bridgehead atoms. The van der Waals surface area contributed by atoms with Crippen LogP contribution in [0.25, 0.3) is 0 Å². The SMILES string of the molecule is CN=C(NOC(C)(C)C(=O)O)c1csc(N)n1. The molecule has 1 heterocycles. The van der Waals surface area contributed by atoms with Crippen molar-refractivity contribution in [1.82, 2.24) is 10.5 Å². The Morgan fingerprint density at radius 1 is 1.71 bits per heavy atom. The lowest BCUT2D eigenvalue weighted by Gasteiger charge is -2.20. The number of nitrogens with zero attached hydrogens (tertiary/aromatic N) is 2. The summed E-state index contributed by atoms with van der Waals surface area (Å²) in [7, 11) is 1.54. The van der Waals surface area contributed by atoms with E-state index in [-0.39, 0.29) is 0 Å². The third kappa shape index (κ3) is 3.40. The number of thiazole rings is 1. The summed E-state index contributed by atoms with van der Waals surface area (Å²) >= 11 is 1.26. The van der Waals surface area contributed by atoms with E-state index < -0.39 is 11.6 Å². The molecule has 0 fully saturated rings. The first-order valence-electron chi connectivity index (χ1n) is 4.72. The van der Waals surface area contributed by atoms with Crippen molar-refractivity contribution in [2.75, 3.05) is 12.8 Å². The van der Waals surface area contributed by atoms with Gasteiger partial charge in [0.2, 0.25) is 0 Å². The summed E-state index contributed by atoms with van der Waals surface area (Å²) in [6, 6.07) is 0. The molecular weight excluding hydrogens is 244 g/mol. The van der Waals surface area contributed by atoms with Gasteiger partial charge < -0.3 is 10.8 Å². The summed E-state index contributed by atoms with van der Waals surface area (Å²) in [6.45, 7) is 2.84. The number of amidine groups is 1. The summed E-state index contributed by atoms with van der Waals surface area (Å²) < 4.78 is 0. The number of nitrogens with two attached hydrogens (primary N) is 1. The molecule has 1 rings (SSSR count). The molecule has 0 aliphatic rings. The molecule has 4 N–H and O–H groups in total. The Labute approximate surface area is 102 Å². The number of hydrogen-bond donors (Lipinski definition) is 3. The number of aliphatic carboxylic acids is 1. The van der Waals surface area contributed by atoms with Crippen molar-refractivity contribution in [2.24, 2.45) is 4.99 Å². The minimum atomic E-state index is -1.36. The Kier molecular flexibility index (Phi) is 4.02. The quantitative estimate of drug-likeness (QED) is 0.412. The van der Waals surface area contributed by atoms with Crippen LogP contribution in [0.4, 0.5) is 5.13 Å². The molecule has 1 aromatic heterocycles. The number of aliphatic imine (C=N–C) groups is 1. The minimum Gasteiger partial charge on any atom is -0.479 e. The van der Waals surface area contributed by atoms with Gasteiger partial charge in [0.15, 0.2) is 16.6 Å². The fourth-order valence-electron chi connectivity index (χ4n) is 0.828. The molecule has 0 saturated carbocycles. The molecule has 7 nitrogen and oxygen atoms in total. The van der Waals surface area contributed by atoms with Crippen molar-refractivity contribution >= 4 is 28.3 Å². The van der Waals surface area contributed by atoms with E-state index in [9.17, 15) is 4.79 Å². The Morgan fingerprint density at radius 2 is 2.35 bits per heavy atom. The second-order valence-electron chi connectivity index (χ2n) is 3.66. The molecule has 0 radical (unpaired) electrons. The highest BCUT2D eigenvalue weighted by Crippen LogP contribution is 2.12. The van der Waals surface area contributed by atoms with E-state index in [1.165, 1.54) is 32.2 Å². The van der Waals surface area contributed by atoms with Gasteiger partial charge in [-0.3, -0.25) is 9.83 Å². The zero-order valence-electron chi connectivity index (χ0n) is 9.72. The number of anilines is 1. The molecule has 0 aliphatic carbocycles. The Balaban J connectivity index is 2.71. The third-order valence-electron chi connectivity index (χ3n) is 1.91. The topological polar surface area (TPSA) is 110 Å². The molecule has 0 amide bonds. The standard InChI is InChI=1S/C9H14N4O3S/c1-9(2,7(14)15)16-13-6(11-3)5-4-17-8(10)12-5/h4H,1-3H3,(H2,10,12)(H,11,13)(H,14,15). The number of hydroxylamine groups is 1. The number of hydrogen-bond acceptors (Lipinski definition) is 6. The van der Waals surface area contributed by atoms with E-state index in [0.717, 1.165) is 0 Å². The fraction of sp³-hybridized carbons (Fsp3) is 0.444. The van der Waals surface area contributed by atoms with E-state index in [4.69, 9.17) is 15.7 Å². The van der Waals surface area contributed by atoms with Crippen LogP contribution in [0.1, 0.15) is 19.5 Å². The third-order valence-corrected chi connectivity index (χ3v) is 2.58. The van der Waals surface area contributed by atoms with Gasteiger partial charge in [-0.25, -0.2) is 15.3 Å². The second kappa shape index (κ2) is 5.11. The number of carboxylic acids is 1. The number of carboxylic acid groups (broad SMARTS) is 1. The second-order valence-corrected chi connectivity index (χ2v) is 4.55. The molecule has 0 aliphatic heterocycles. The maximum atomic E-state index is 10.8. The Morgan fingerprint density at radius 3 is 2.76 bits per heavy atom. The zero-order valence-corrected chi connectivity index (χ0v) is 10.5. The van der Waals surface area contributed by atoms with Crippen LogP contribution in [0.5, 0.6) is 0 Å². The van der Waals surface area contributed by atoms with Crippen molar-refractivity contribution < 1.29 is 14.7 Å². The number of aromatic nitrogens is 1. The van der Waals surface area contributed by atoms with Crippen LogP contribution in [0.15, 0.2) is 10.4 Å². The van der Waals surface area contributed by atoms with E-state index >= 15 is 0 Å². The minimum absolute atomic E-state index is 0.326. The van der Waals surface area contributed by atoms with Crippen molar-refractivity contribution in [3.8, 4) is 0 Å². The van der Waals surface area contributed by atoms with Gasteiger partial charge in [-0.2, -0.15) is 0 Å². The Hall–Kier alpha value is -1.67. The van der Waals surface area contributed by atoms with Crippen LogP contribution >= 0.6 is 11.3 Å². The zero-order chi connectivity index (χ0) is 13.1. The first-order chi connectivity index (χ1) is 7.86. The molecule has 17 heavy (non-hydrogen) atoms. The molecule has 0 saturated heterocycles. The average molecular weight is 258 g/mol. The highest BCUT2D eigenvalue weighted by Gasteiger charge is 2.29. The van der Waals surface area contributed by atoms with Crippen molar-refractivity contribution in [3.05, 3.63) is 11.1 Å². The van der Waals surface area contributed by atoms with Crippen molar-refractivity contribution in [2.45, 2.75) is 19.4 Å². The summed E-state index contributed by atoms with van der Waals surface area (Å²) in [5, 5.41) is 11.0. The van der Waals surface area contributed by atoms with Crippen LogP contribution in [0, 0.1) is 0 Å². The fourth-order valence-corrected chi connectivity index (χ4v) is 1.38. The lowest BCUT2D eigenvalue weighted by atomic mass is 10.1. The highest BCUT2D eigenvalue weighted by atomic mass is 32.1. The van der Waals surface area contributed by atoms with Gasteiger partial charge in [-0.05, 0) is 13.8 Å². The summed E-state index contributed by atoms with van der Waals surface area (Å²) in [5.74, 6) is -0.759. The van der Waals surface area contributed by atoms with Crippen LogP contribution in [-0.2, 0) is 9.63 Å². The largest absolute Gasteiger partial charge is 0.479 e. The van der Waals surface area contributed by atoms with Gasteiger partial charge in [0.05, 0.1) is 0 Å². The maximum absolute atomic E-state index is 10.8. The first-order valence-corrected chi connectivity index (χ1v) is 5.60. The average Bonchev–Trinajstić information content (AvgIpc) is 2.65. The van der Waals surface area contributed by atoms with Crippen LogP contribution in [0.2, 0.25) is 0 Å². The lowest BCUT2D eigenvalue weighted by Crippen LogP contribution is -2.42. The summed E-state index contributed by atoms with van der Waals surface area (Å²) in [4.78, 5) is 23.8. The smallest absolute Gasteiger partial charge is 0.338 e. The maximum Gasteiger partial charge on any atom is 0.338 e. The molecule has 0 unspecified atom stereocenters. The summed E-state index contributed by atoms with van der Waals surface area (Å²) in [6.07, 6.45) is 0. The predicted molar refractivity (Wildman–Crippen MR) is 64.9 cm³/mol. The molecule has 0 atom stereocenters. The van der Waals surface area contributed by atoms with Crippen LogP contribution in [-0.4, -0.2) is 34.5 Å². The monoisotopic (exact) mass is 258 g/mol. The van der Waals surface area contributed by atoms with Gasteiger partial charge in [0.1, 0.15) is 5.69 Å². The number of nitrogen functional groups attached to an aromatic ring is 1. The van der Waals surface area contributed by atoms with E-state index in [1.54, 1.807) is 5.38 Å². The summed E-state index contributed by atoms with van der Waals surface area (Å²) in [5.41, 5.74) is 7.12. The highest BCUT2D eigenvalue weighted by molar-refractivity contribution is 7.13. The van der Waals surface area contributed by atoms with E-state index in [2.05, 4.69) is 15.5 Å². The molecule has 0 aromatic carbocycles. The van der Waals surface area contributed by atoms with E-state index in [1.807, 2.05) is 0 Å². The normalized spacial score (nSPS) is 12.5. The van der Waals surface area contributed by atoms with Gasteiger partial charge in [-0.15, -0.1) is 11.3 Å². The first kappa shape index (κ1) is 13.4. The van der Waals surface area contributed by atoms with Crippen molar-refractivity contribution in [3.63, 3.8) is 0 Å². The number of carbonyl (C=O) groups is 1. The van der Waals surface area contributed by atoms with Crippen LogP contribution < -0.4 is 11.2 Å². The molecule has 1 aromatic rings. The molecule has 0 spiro atoms. The molecule has 8 heteroatoms. The lowest BCUT2D eigenvalue weighted by molar-refractivity contribution is -0.166. The molecular formula is C9H14N4O3S. The van der Waals surface area contributed by atoms with Gasteiger partial charge >= 0.3 is 5.97 Å². The number of nitrogens with one attached hydrogen (secondary N) is 1. The van der Waals surface area contributed by atoms with Gasteiger partial charge in [0, 0.05) is 12.4 Å². The van der Waals surface area contributed by atoms with Gasteiger partial charge in [0.25, 0.3) is 0 Å². The van der Waals surface area contributed by atoms with Crippen LogP contribution in [0.3, 0.4) is 0 Å². The predicted octanol–water partition coefficient (Wildman–Crippen LogP) is 0.486. The Bertz CT molecular complexity index is 441. The van der Waals surface area contributed by atoms with E-state index in [0.29, 0.717) is 16.7 Å². The van der Waals surface area contributed by atoms with Gasteiger partial charge in [-0.1, -0.05) is 0 Å². The molecule has 94 valence electrons. The number of rotatable bonds is 4. The van der Waals surface area contributed by atoms with Crippen molar-refractivity contribution in [1.29, 1.82) is 0 Å².